The van der Waals surface area contributed by atoms with Crippen molar-refractivity contribution in [2.45, 2.75) is 38.5 Å². The number of ether oxygens (including phenoxy) is 1. The fourth-order valence-electron chi connectivity index (χ4n) is 2.51. The van der Waals surface area contributed by atoms with Gasteiger partial charge in [-0.15, -0.1) is 5.10 Å². The van der Waals surface area contributed by atoms with Crippen LogP contribution in [0.5, 0.6) is 5.75 Å². The topological polar surface area (TPSA) is 79.9 Å². The molecule has 8 heteroatoms. The number of hydrogen-bond donors (Lipinski definition) is 2. The molecule has 0 saturated heterocycles. The van der Waals surface area contributed by atoms with Gasteiger partial charge in [-0.1, -0.05) is 55.4 Å². The van der Waals surface area contributed by atoms with Crippen molar-refractivity contribution in [3.63, 3.8) is 0 Å². The van der Waals surface area contributed by atoms with Crippen LogP contribution in [0.4, 0.5) is 5.69 Å². The van der Waals surface area contributed by atoms with Crippen molar-refractivity contribution < 1.29 is 9.53 Å². The van der Waals surface area contributed by atoms with Gasteiger partial charge in [0.25, 0.3) is 0 Å². The van der Waals surface area contributed by atoms with Crippen LogP contribution in [-0.4, -0.2) is 26.8 Å². The minimum Gasteiger partial charge on any atom is -0.486 e. The maximum atomic E-state index is 12.1. The number of aromatic nitrogens is 3. The zero-order valence-electron chi connectivity index (χ0n) is 16.5. The van der Waals surface area contributed by atoms with Gasteiger partial charge in [0.05, 0.1) is 5.75 Å². The summed E-state index contributed by atoms with van der Waals surface area (Å²) in [5.41, 5.74) is 2.89. The SMILES string of the molecule is Cc1ccc(NC(=O)CSc2n[nH]c(COc3ccc(C(C)C)cc3)n2)cc1Cl. The van der Waals surface area contributed by atoms with Crippen molar-refractivity contribution in [2.24, 2.45) is 0 Å². The van der Waals surface area contributed by atoms with Crippen molar-refractivity contribution >= 4 is 35.0 Å². The highest BCUT2D eigenvalue weighted by Gasteiger charge is 2.09. The van der Waals surface area contributed by atoms with Crippen LogP contribution in [0, 0.1) is 6.92 Å². The first-order valence-corrected chi connectivity index (χ1v) is 10.6. The van der Waals surface area contributed by atoms with Crippen LogP contribution in [0.2, 0.25) is 5.02 Å². The minimum absolute atomic E-state index is 0.150. The number of thioether (sulfide) groups is 1. The standard InChI is InChI=1S/C21H23ClN4O2S/c1-13(2)15-5-8-17(9-6-15)28-11-19-24-21(26-25-19)29-12-20(27)23-16-7-4-14(3)18(22)10-16/h4-10,13H,11-12H2,1-3H3,(H,23,27)(H,24,25,26). The number of nitrogens with one attached hydrogen (secondary N) is 2. The molecule has 0 spiro atoms. The molecule has 0 bridgehead atoms. The molecule has 3 rings (SSSR count). The van der Waals surface area contributed by atoms with E-state index in [0.717, 1.165) is 11.3 Å². The van der Waals surface area contributed by atoms with Gasteiger partial charge >= 0.3 is 0 Å². The number of carbonyl (C=O) groups excluding carboxylic acids is 1. The summed E-state index contributed by atoms with van der Waals surface area (Å²) in [6.07, 6.45) is 0. The first-order valence-electron chi connectivity index (χ1n) is 9.23. The van der Waals surface area contributed by atoms with Crippen LogP contribution >= 0.6 is 23.4 Å². The molecule has 0 aliphatic heterocycles. The van der Waals surface area contributed by atoms with Gasteiger partial charge in [-0.05, 0) is 48.2 Å². The van der Waals surface area contributed by atoms with E-state index in [0.29, 0.717) is 27.6 Å². The Hall–Kier alpha value is -2.51. The molecule has 3 aromatic rings. The lowest BCUT2D eigenvalue weighted by molar-refractivity contribution is -0.113. The highest BCUT2D eigenvalue weighted by molar-refractivity contribution is 7.99. The van der Waals surface area contributed by atoms with Crippen molar-refractivity contribution in [2.75, 3.05) is 11.1 Å². The smallest absolute Gasteiger partial charge is 0.234 e. The molecule has 152 valence electrons. The number of rotatable bonds is 8. The van der Waals surface area contributed by atoms with Crippen LogP contribution in [0.3, 0.4) is 0 Å². The van der Waals surface area contributed by atoms with E-state index < -0.39 is 0 Å². The number of amides is 1. The largest absolute Gasteiger partial charge is 0.486 e. The van der Waals surface area contributed by atoms with Gasteiger partial charge in [-0.25, -0.2) is 4.98 Å². The number of aryl methyl sites for hydroxylation is 1. The second-order valence-corrected chi connectivity index (χ2v) is 8.23. The normalized spacial score (nSPS) is 10.9. The highest BCUT2D eigenvalue weighted by Crippen LogP contribution is 2.21. The lowest BCUT2D eigenvalue weighted by Crippen LogP contribution is -2.14. The number of aromatic amines is 1. The average Bonchev–Trinajstić information content (AvgIpc) is 3.16. The van der Waals surface area contributed by atoms with E-state index in [1.54, 1.807) is 6.07 Å². The monoisotopic (exact) mass is 430 g/mol. The number of benzene rings is 2. The second-order valence-electron chi connectivity index (χ2n) is 6.88. The van der Waals surface area contributed by atoms with Crippen molar-refractivity contribution in [1.29, 1.82) is 0 Å². The summed E-state index contributed by atoms with van der Waals surface area (Å²) in [5, 5.41) is 10.9. The number of H-pyrrole nitrogens is 1. The molecule has 6 nitrogen and oxygen atoms in total. The van der Waals surface area contributed by atoms with Crippen LogP contribution < -0.4 is 10.1 Å². The fourth-order valence-corrected chi connectivity index (χ4v) is 3.30. The predicted octanol–water partition coefficient (Wildman–Crippen LogP) is 5.20. The van der Waals surface area contributed by atoms with Gasteiger partial charge < -0.3 is 10.1 Å². The number of halogens is 1. The molecule has 0 fully saturated rings. The Bertz CT molecular complexity index is 973. The molecule has 0 radical (unpaired) electrons. The van der Waals surface area contributed by atoms with Crippen molar-refractivity contribution in [1.82, 2.24) is 15.2 Å². The number of anilines is 1. The molecule has 1 heterocycles. The maximum absolute atomic E-state index is 12.1. The van der Waals surface area contributed by atoms with Gasteiger partial charge in [0.15, 0.2) is 5.82 Å². The third-order valence-electron chi connectivity index (χ3n) is 4.22. The van der Waals surface area contributed by atoms with Crippen LogP contribution in [0.1, 0.15) is 36.7 Å². The van der Waals surface area contributed by atoms with Gasteiger partial charge in [-0.2, -0.15) is 0 Å². The van der Waals surface area contributed by atoms with E-state index in [-0.39, 0.29) is 18.3 Å². The summed E-state index contributed by atoms with van der Waals surface area (Å²) >= 11 is 7.32. The van der Waals surface area contributed by atoms with Crippen LogP contribution in [0.25, 0.3) is 0 Å². The second kappa shape index (κ2) is 9.80. The van der Waals surface area contributed by atoms with Crippen LogP contribution in [0.15, 0.2) is 47.6 Å². The summed E-state index contributed by atoms with van der Waals surface area (Å²) in [6.45, 7) is 6.50. The summed E-state index contributed by atoms with van der Waals surface area (Å²) < 4.78 is 5.73. The third kappa shape index (κ3) is 6.24. The fraction of sp³-hybridized carbons (Fsp3) is 0.286. The zero-order chi connectivity index (χ0) is 20.8. The molecular formula is C21H23ClN4O2S. The molecule has 2 aromatic carbocycles. The van der Waals surface area contributed by atoms with E-state index in [1.807, 2.05) is 31.2 Å². The Morgan fingerprint density at radius 2 is 2.00 bits per heavy atom. The summed E-state index contributed by atoms with van der Waals surface area (Å²) in [5.74, 6) is 1.91. The van der Waals surface area contributed by atoms with Crippen LogP contribution in [-0.2, 0) is 11.4 Å². The molecule has 0 atom stereocenters. The van der Waals surface area contributed by atoms with E-state index in [9.17, 15) is 4.79 Å². The molecule has 1 aromatic heterocycles. The molecular weight excluding hydrogens is 408 g/mol. The van der Waals surface area contributed by atoms with E-state index in [2.05, 4.69) is 46.5 Å². The Balaban J connectivity index is 1.46. The number of carbonyl (C=O) groups is 1. The molecule has 2 N–H and O–H groups in total. The third-order valence-corrected chi connectivity index (χ3v) is 5.48. The summed E-state index contributed by atoms with van der Waals surface area (Å²) in [7, 11) is 0. The molecule has 0 unspecified atom stereocenters. The minimum atomic E-state index is -0.150. The number of nitrogens with zero attached hydrogens (tertiary/aromatic N) is 2. The molecule has 0 aliphatic carbocycles. The van der Waals surface area contributed by atoms with Crippen molar-refractivity contribution in [3.05, 3.63) is 64.4 Å². The van der Waals surface area contributed by atoms with Gasteiger partial charge in [0.2, 0.25) is 11.1 Å². The molecule has 0 saturated carbocycles. The van der Waals surface area contributed by atoms with E-state index in [1.165, 1.54) is 17.3 Å². The Kier molecular flexibility index (Phi) is 7.17. The lowest BCUT2D eigenvalue weighted by Gasteiger charge is -2.07. The molecule has 1 amide bonds. The average molecular weight is 431 g/mol. The first-order chi connectivity index (χ1) is 13.9. The Morgan fingerprint density at radius 1 is 1.24 bits per heavy atom. The zero-order valence-corrected chi connectivity index (χ0v) is 18.1. The number of hydrogen-bond acceptors (Lipinski definition) is 5. The van der Waals surface area contributed by atoms with Gasteiger partial charge in [0, 0.05) is 10.7 Å². The Labute approximate surface area is 179 Å². The van der Waals surface area contributed by atoms with Gasteiger partial charge in [-0.3, -0.25) is 9.89 Å². The lowest BCUT2D eigenvalue weighted by atomic mass is 10.0. The predicted molar refractivity (Wildman–Crippen MR) is 117 cm³/mol. The summed E-state index contributed by atoms with van der Waals surface area (Å²) in [6, 6.07) is 13.4. The highest BCUT2D eigenvalue weighted by atomic mass is 35.5. The first kappa shape index (κ1) is 21.2. The van der Waals surface area contributed by atoms with E-state index in [4.69, 9.17) is 16.3 Å². The molecule has 0 aliphatic rings. The van der Waals surface area contributed by atoms with Gasteiger partial charge in [0.1, 0.15) is 12.4 Å². The Morgan fingerprint density at radius 3 is 2.69 bits per heavy atom. The maximum Gasteiger partial charge on any atom is 0.234 e. The quantitative estimate of drug-likeness (QED) is 0.480. The molecule has 29 heavy (non-hydrogen) atoms. The van der Waals surface area contributed by atoms with Crippen molar-refractivity contribution in [3.8, 4) is 5.75 Å². The van der Waals surface area contributed by atoms with E-state index >= 15 is 0 Å². The summed E-state index contributed by atoms with van der Waals surface area (Å²) in [4.78, 5) is 16.5.